The zero-order chi connectivity index (χ0) is 14.7. The van der Waals surface area contributed by atoms with Crippen LogP contribution in [0.4, 0.5) is 0 Å². The molecule has 0 aliphatic rings. The molecule has 0 saturated heterocycles. The molecule has 0 aromatic heterocycles. The molecule has 0 atom stereocenters. The summed E-state index contributed by atoms with van der Waals surface area (Å²) in [4.78, 5) is 0. The van der Waals surface area contributed by atoms with Crippen LogP contribution in [0.2, 0.25) is 0 Å². The van der Waals surface area contributed by atoms with E-state index >= 15 is 0 Å². The van der Waals surface area contributed by atoms with Crippen molar-refractivity contribution in [3.05, 3.63) is 0 Å². The molecule has 0 amide bonds. The van der Waals surface area contributed by atoms with E-state index in [0.29, 0.717) is 6.61 Å². The second kappa shape index (κ2) is 19.7. The maximum atomic E-state index is 8.68. The SMILES string of the molecule is CCCCCCSSCCCCCCCCCCCO. The lowest BCUT2D eigenvalue weighted by atomic mass is 10.1. The Kier molecular flexibility index (Phi) is 20.3. The highest BCUT2D eigenvalue weighted by atomic mass is 33.1. The van der Waals surface area contributed by atoms with E-state index in [9.17, 15) is 0 Å². The Morgan fingerprint density at radius 2 is 0.950 bits per heavy atom. The van der Waals surface area contributed by atoms with Crippen molar-refractivity contribution < 1.29 is 5.11 Å². The summed E-state index contributed by atoms with van der Waals surface area (Å²) in [5.74, 6) is 2.69. The summed E-state index contributed by atoms with van der Waals surface area (Å²) in [5.41, 5.74) is 0. The predicted molar refractivity (Wildman–Crippen MR) is 97.7 cm³/mol. The first-order valence-corrected chi connectivity index (χ1v) is 11.3. The fraction of sp³-hybridized carbons (Fsp3) is 1.00. The van der Waals surface area contributed by atoms with Gasteiger partial charge in [0.15, 0.2) is 0 Å². The third kappa shape index (κ3) is 18.7. The Morgan fingerprint density at radius 1 is 0.550 bits per heavy atom. The molecular weight excluding hydrogens is 284 g/mol. The monoisotopic (exact) mass is 320 g/mol. The first-order chi connectivity index (χ1) is 9.91. The van der Waals surface area contributed by atoms with Crippen LogP contribution in [-0.2, 0) is 0 Å². The molecule has 0 radical (unpaired) electrons. The first-order valence-electron chi connectivity index (χ1n) is 8.77. The minimum atomic E-state index is 0.369. The Morgan fingerprint density at radius 3 is 1.40 bits per heavy atom. The number of aliphatic hydroxyl groups excluding tert-OH is 1. The third-order valence-electron chi connectivity index (χ3n) is 3.55. The third-order valence-corrected chi connectivity index (χ3v) is 6.13. The Hall–Kier alpha value is 0.660. The van der Waals surface area contributed by atoms with Gasteiger partial charge in [-0.3, -0.25) is 0 Å². The molecule has 0 aliphatic heterocycles. The zero-order valence-corrected chi connectivity index (χ0v) is 15.2. The van der Waals surface area contributed by atoms with Gasteiger partial charge < -0.3 is 5.11 Å². The van der Waals surface area contributed by atoms with E-state index < -0.39 is 0 Å². The molecular formula is C17H36OS2. The van der Waals surface area contributed by atoms with Crippen molar-refractivity contribution in [3.63, 3.8) is 0 Å². The average Bonchev–Trinajstić information content (AvgIpc) is 2.47. The standard InChI is InChI=1S/C17H36OS2/c1-2-3-4-13-16-19-20-17-14-11-9-7-5-6-8-10-12-15-18/h18H,2-17H2,1H3. The number of aliphatic hydroxyl groups is 1. The van der Waals surface area contributed by atoms with Crippen LogP contribution in [0.15, 0.2) is 0 Å². The number of unbranched alkanes of at least 4 members (excludes halogenated alkanes) is 11. The zero-order valence-electron chi connectivity index (χ0n) is 13.6. The van der Waals surface area contributed by atoms with Gasteiger partial charge in [-0.05, 0) is 19.3 Å². The highest BCUT2D eigenvalue weighted by Crippen LogP contribution is 2.24. The summed E-state index contributed by atoms with van der Waals surface area (Å²) in [5, 5.41) is 8.68. The topological polar surface area (TPSA) is 20.2 Å². The summed E-state index contributed by atoms with van der Waals surface area (Å²) in [6, 6.07) is 0. The average molecular weight is 321 g/mol. The summed E-state index contributed by atoms with van der Waals surface area (Å²) in [6.07, 6.45) is 17.5. The van der Waals surface area contributed by atoms with E-state index in [1.165, 1.54) is 88.6 Å². The van der Waals surface area contributed by atoms with E-state index in [4.69, 9.17) is 5.11 Å². The fourth-order valence-corrected chi connectivity index (χ4v) is 4.51. The van der Waals surface area contributed by atoms with Gasteiger partial charge in [-0.25, -0.2) is 0 Å². The molecule has 0 unspecified atom stereocenters. The van der Waals surface area contributed by atoms with Gasteiger partial charge in [-0.1, -0.05) is 92.7 Å². The lowest BCUT2D eigenvalue weighted by Gasteiger charge is -2.03. The van der Waals surface area contributed by atoms with Crippen molar-refractivity contribution in [3.8, 4) is 0 Å². The van der Waals surface area contributed by atoms with Gasteiger partial charge >= 0.3 is 0 Å². The largest absolute Gasteiger partial charge is 0.396 e. The molecule has 122 valence electrons. The normalized spacial score (nSPS) is 11.1. The molecule has 0 spiro atoms. The molecule has 1 nitrogen and oxygen atoms in total. The fourth-order valence-electron chi connectivity index (χ4n) is 2.22. The van der Waals surface area contributed by atoms with E-state index in [1.807, 2.05) is 0 Å². The minimum absolute atomic E-state index is 0.369. The van der Waals surface area contributed by atoms with Crippen molar-refractivity contribution in [2.24, 2.45) is 0 Å². The molecule has 0 aromatic carbocycles. The summed E-state index contributed by atoms with van der Waals surface area (Å²) < 4.78 is 0. The molecule has 0 saturated carbocycles. The van der Waals surface area contributed by atoms with Crippen LogP contribution < -0.4 is 0 Å². The van der Waals surface area contributed by atoms with Crippen LogP contribution in [0.25, 0.3) is 0 Å². The summed E-state index contributed by atoms with van der Waals surface area (Å²) in [7, 11) is 4.16. The van der Waals surface area contributed by atoms with Gasteiger partial charge in [0.1, 0.15) is 0 Å². The van der Waals surface area contributed by atoms with Crippen LogP contribution in [-0.4, -0.2) is 23.2 Å². The van der Waals surface area contributed by atoms with Crippen LogP contribution >= 0.6 is 21.6 Å². The van der Waals surface area contributed by atoms with Crippen LogP contribution in [0.1, 0.15) is 90.4 Å². The highest BCUT2D eigenvalue weighted by molar-refractivity contribution is 8.76. The van der Waals surface area contributed by atoms with Crippen LogP contribution in [0.5, 0.6) is 0 Å². The Balaban J connectivity index is 2.89. The molecule has 0 aliphatic carbocycles. The lowest BCUT2D eigenvalue weighted by molar-refractivity contribution is 0.282. The van der Waals surface area contributed by atoms with E-state index in [-0.39, 0.29) is 0 Å². The van der Waals surface area contributed by atoms with Gasteiger partial charge in [0.05, 0.1) is 0 Å². The molecule has 0 heterocycles. The lowest BCUT2D eigenvalue weighted by Crippen LogP contribution is -1.85. The smallest absolute Gasteiger partial charge is 0.0431 e. The second-order valence-corrected chi connectivity index (χ2v) is 8.31. The van der Waals surface area contributed by atoms with Gasteiger partial charge in [0.25, 0.3) is 0 Å². The van der Waals surface area contributed by atoms with Crippen molar-refractivity contribution in [1.29, 1.82) is 0 Å². The molecule has 3 heteroatoms. The van der Waals surface area contributed by atoms with Gasteiger partial charge in [-0.2, -0.15) is 0 Å². The van der Waals surface area contributed by atoms with Crippen molar-refractivity contribution in [2.75, 3.05) is 18.1 Å². The van der Waals surface area contributed by atoms with Crippen LogP contribution in [0.3, 0.4) is 0 Å². The minimum Gasteiger partial charge on any atom is -0.396 e. The van der Waals surface area contributed by atoms with E-state index in [0.717, 1.165) is 6.42 Å². The molecule has 0 rings (SSSR count). The van der Waals surface area contributed by atoms with Crippen molar-refractivity contribution in [2.45, 2.75) is 90.4 Å². The quantitative estimate of drug-likeness (QED) is 0.245. The number of rotatable bonds is 17. The Labute approximate surface area is 135 Å². The van der Waals surface area contributed by atoms with Crippen molar-refractivity contribution in [1.82, 2.24) is 0 Å². The second-order valence-electron chi connectivity index (χ2n) is 5.61. The first kappa shape index (κ1) is 20.7. The highest BCUT2D eigenvalue weighted by Gasteiger charge is 1.94. The Bertz CT molecular complexity index is 147. The molecule has 20 heavy (non-hydrogen) atoms. The summed E-state index contributed by atoms with van der Waals surface area (Å²) >= 11 is 0. The van der Waals surface area contributed by atoms with E-state index in [2.05, 4.69) is 28.5 Å². The molecule has 0 aromatic rings. The van der Waals surface area contributed by atoms with E-state index in [1.54, 1.807) is 0 Å². The van der Waals surface area contributed by atoms with Crippen LogP contribution in [0, 0.1) is 0 Å². The molecule has 1 N–H and O–H groups in total. The number of hydrogen-bond acceptors (Lipinski definition) is 3. The molecule has 0 fully saturated rings. The van der Waals surface area contributed by atoms with Gasteiger partial charge in [-0.15, -0.1) is 0 Å². The summed E-state index contributed by atoms with van der Waals surface area (Å²) in [6.45, 7) is 2.64. The molecule has 0 bridgehead atoms. The predicted octanol–water partition coefficient (Wildman–Crippen LogP) is 6.45. The maximum Gasteiger partial charge on any atom is 0.0431 e. The van der Waals surface area contributed by atoms with Gasteiger partial charge in [0, 0.05) is 18.1 Å². The van der Waals surface area contributed by atoms with Gasteiger partial charge in [0.2, 0.25) is 0 Å². The number of hydrogen-bond donors (Lipinski definition) is 1. The van der Waals surface area contributed by atoms with Crippen molar-refractivity contribution >= 4 is 21.6 Å². The maximum absolute atomic E-state index is 8.68.